The third-order valence-corrected chi connectivity index (χ3v) is 3.74. The molecule has 0 aliphatic rings. The summed E-state index contributed by atoms with van der Waals surface area (Å²) in [4.78, 5) is 6.60. The number of rotatable bonds is 4. The Kier molecular flexibility index (Phi) is 3.49. The topological polar surface area (TPSA) is 62.4 Å². The molecule has 2 aromatic rings. The van der Waals surface area contributed by atoms with Crippen molar-refractivity contribution in [2.45, 2.75) is 19.4 Å². The molecule has 1 atom stereocenters. The van der Waals surface area contributed by atoms with Crippen LogP contribution in [0.1, 0.15) is 13.3 Å². The van der Waals surface area contributed by atoms with Crippen LogP contribution < -0.4 is 10.6 Å². The molecule has 0 amide bonds. The van der Waals surface area contributed by atoms with Crippen LogP contribution in [0.4, 0.5) is 10.8 Å². The molecule has 0 fully saturated rings. The number of hydrogen-bond donors (Lipinski definition) is 2. The molecular weight excluding hydrogens is 234 g/mol. The molecule has 0 bridgehead atoms. The van der Waals surface area contributed by atoms with E-state index in [2.05, 4.69) is 9.88 Å². The first-order valence-corrected chi connectivity index (χ1v) is 6.43. The van der Waals surface area contributed by atoms with Crippen molar-refractivity contribution < 1.29 is 5.11 Å². The second kappa shape index (κ2) is 4.89. The molecule has 2 rings (SSSR count). The molecule has 4 nitrogen and oxygen atoms in total. The summed E-state index contributed by atoms with van der Waals surface area (Å²) in [7, 11) is 1.99. The molecule has 17 heavy (non-hydrogen) atoms. The van der Waals surface area contributed by atoms with Crippen LogP contribution in [0.15, 0.2) is 18.2 Å². The lowest BCUT2D eigenvalue weighted by Crippen LogP contribution is -2.21. The van der Waals surface area contributed by atoms with Crippen LogP contribution in [0, 0.1) is 0 Å². The highest BCUT2D eigenvalue weighted by atomic mass is 32.1. The monoisotopic (exact) mass is 251 g/mol. The summed E-state index contributed by atoms with van der Waals surface area (Å²) in [6.07, 6.45) is 0.469. The summed E-state index contributed by atoms with van der Waals surface area (Å²) in [5.74, 6) is 0. The van der Waals surface area contributed by atoms with Crippen molar-refractivity contribution in [3.63, 3.8) is 0 Å². The standard InChI is InChI=1S/C12H17N3OS/c1-8(16)5-6-15(2)12-14-10-4-3-9(13)7-11(10)17-12/h3-4,7-8,16H,5-6,13H2,1-2H3. The van der Waals surface area contributed by atoms with Crippen LogP contribution in [0.2, 0.25) is 0 Å². The fourth-order valence-corrected chi connectivity index (χ4v) is 2.57. The average Bonchev–Trinajstić information content (AvgIpc) is 2.68. The van der Waals surface area contributed by atoms with Crippen LogP contribution in [0.3, 0.4) is 0 Å². The highest BCUT2D eigenvalue weighted by Gasteiger charge is 2.09. The SMILES string of the molecule is CC(O)CCN(C)c1nc2ccc(N)cc2s1. The van der Waals surface area contributed by atoms with E-state index in [1.807, 2.05) is 25.2 Å². The fraction of sp³-hybridized carbons (Fsp3) is 0.417. The van der Waals surface area contributed by atoms with E-state index in [9.17, 15) is 5.11 Å². The number of thiazole rings is 1. The van der Waals surface area contributed by atoms with Crippen molar-refractivity contribution >= 4 is 32.4 Å². The van der Waals surface area contributed by atoms with Gasteiger partial charge in [0.2, 0.25) is 0 Å². The number of fused-ring (bicyclic) bond motifs is 1. The van der Waals surface area contributed by atoms with Crippen LogP contribution in [0.5, 0.6) is 0 Å². The maximum absolute atomic E-state index is 9.26. The second-order valence-corrected chi connectivity index (χ2v) is 5.29. The Morgan fingerprint density at radius 1 is 1.53 bits per heavy atom. The summed E-state index contributed by atoms with van der Waals surface area (Å²) < 4.78 is 1.10. The van der Waals surface area contributed by atoms with Gasteiger partial charge < -0.3 is 15.7 Å². The minimum absolute atomic E-state index is 0.275. The molecule has 1 aromatic heterocycles. The van der Waals surface area contributed by atoms with Crippen LogP contribution >= 0.6 is 11.3 Å². The van der Waals surface area contributed by atoms with E-state index in [0.29, 0.717) is 0 Å². The van der Waals surface area contributed by atoms with Crippen molar-refractivity contribution in [2.75, 3.05) is 24.2 Å². The Balaban J connectivity index is 2.18. The van der Waals surface area contributed by atoms with Gasteiger partial charge in [0.25, 0.3) is 0 Å². The maximum Gasteiger partial charge on any atom is 0.186 e. The van der Waals surface area contributed by atoms with Crippen molar-refractivity contribution in [3.8, 4) is 0 Å². The molecule has 0 spiro atoms. The Morgan fingerprint density at radius 3 is 3.00 bits per heavy atom. The molecule has 92 valence electrons. The van der Waals surface area contributed by atoms with Crippen molar-refractivity contribution in [1.82, 2.24) is 4.98 Å². The third-order valence-electron chi connectivity index (χ3n) is 2.61. The molecule has 1 heterocycles. The molecule has 3 N–H and O–H groups in total. The number of nitrogens with two attached hydrogens (primary N) is 1. The molecule has 5 heteroatoms. The summed E-state index contributed by atoms with van der Waals surface area (Å²) in [6, 6.07) is 5.74. The highest BCUT2D eigenvalue weighted by molar-refractivity contribution is 7.22. The average molecular weight is 251 g/mol. The fourth-order valence-electron chi connectivity index (χ4n) is 1.57. The minimum Gasteiger partial charge on any atom is -0.399 e. The van der Waals surface area contributed by atoms with Crippen molar-refractivity contribution in [3.05, 3.63) is 18.2 Å². The Hall–Kier alpha value is -1.33. The number of nitrogens with zero attached hydrogens (tertiary/aromatic N) is 2. The largest absolute Gasteiger partial charge is 0.399 e. The molecule has 0 aliphatic heterocycles. The number of aliphatic hydroxyl groups is 1. The molecule has 1 aromatic carbocycles. The molecule has 0 saturated heterocycles. The number of benzene rings is 1. The highest BCUT2D eigenvalue weighted by Crippen LogP contribution is 2.29. The first kappa shape index (κ1) is 12.1. The lowest BCUT2D eigenvalue weighted by molar-refractivity contribution is 0.187. The Bertz CT molecular complexity index is 509. The van der Waals surface area contributed by atoms with Gasteiger partial charge in [0.15, 0.2) is 5.13 Å². The Morgan fingerprint density at radius 2 is 2.29 bits per heavy atom. The molecule has 0 radical (unpaired) electrons. The first-order valence-electron chi connectivity index (χ1n) is 5.61. The molecular formula is C12H17N3OS. The first-order chi connectivity index (χ1) is 8.06. The summed E-state index contributed by atoms with van der Waals surface area (Å²) in [6.45, 7) is 2.60. The molecule has 0 aliphatic carbocycles. The summed E-state index contributed by atoms with van der Waals surface area (Å²) in [5, 5.41) is 10.2. The van der Waals surface area contributed by atoms with E-state index in [-0.39, 0.29) is 6.10 Å². The van der Waals surface area contributed by atoms with E-state index in [4.69, 9.17) is 5.73 Å². The van der Waals surface area contributed by atoms with Crippen LogP contribution in [0.25, 0.3) is 10.2 Å². The minimum atomic E-state index is -0.275. The number of aliphatic hydroxyl groups excluding tert-OH is 1. The van der Waals surface area contributed by atoms with Crippen LogP contribution in [-0.4, -0.2) is 29.8 Å². The van der Waals surface area contributed by atoms with E-state index < -0.39 is 0 Å². The summed E-state index contributed by atoms with van der Waals surface area (Å²) >= 11 is 1.62. The maximum atomic E-state index is 9.26. The normalized spacial score (nSPS) is 12.9. The van der Waals surface area contributed by atoms with E-state index in [1.54, 1.807) is 18.3 Å². The van der Waals surface area contributed by atoms with Gasteiger partial charge in [0, 0.05) is 19.3 Å². The van der Waals surface area contributed by atoms with Gasteiger partial charge in [-0.25, -0.2) is 4.98 Å². The number of hydrogen-bond acceptors (Lipinski definition) is 5. The number of nitrogen functional groups attached to an aromatic ring is 1. The zero-order chi connectivity index (χ0) is 12.4. The van der Waals surface area contributed by atoms with E-state index in [0.717, 1.165) is 34.0 Å². The second-order valence-electron chi connectivity index (χ2n) is 4.28. The van der Waals surface area contributed by atoms with Gasteiger partial charge in [0.05, 0.1) is 16.3 Å². The number of aromatic nitrogens is 1. The lowest BCUT2D eigenvalue weighted by Gasteiger charge is -2.16. The third kappa shape index (κ3) is 2.87. The van der Waals surface area contributed by atoms with Crippen molar-refractivity contribution in [1.29, 1.82) is 0 Å². The predicted octanol–water partition coefficient (Wildman–Crippen LogP) is 2.09. The van der Waals surface area contributed by atoms with Crippen LogP contribution in [-0.2, 0) is 0 Å². The Labute approximate surface area is 105 Å². The van der Waals surface area contributed by atoms with Gasteiger partial charge in [-0.05, 0) is 31.5 Å². The quantitative estimate of drug-likeness (QED) is 0.817. The lowest BCUT2D eigenvalue weighted by atomic mass is 10.3. The van der Waals surface area contributed by atoms with E-state index >= 15 is 0 Å². The molecule has 1 unspecified atom stereocenters. The predicted molar refractivity (Wildman–Crippen MR) is 73.6 cm³/mol. The van der Waals surface area contributed by atoms with Gasteiger partial charge >= 0.3 is 0 Å². The van der Waals surface area contributed by atoms with Gasteiger partial charge in [-0.3, -0.25) is 0 Å². The zero-order valence-corrected chi connectivity index (χ0v) is 10.9. The van der Waals surface area contributed by atoms with Gasteiger partial charge in [-0.15, -0.1) is 0 Å². The zero-order valence-electron chi connectivity index (χ0n) is 10.1. The van der Waals surface area contributed by atoms with E-state index in [1.165, 1.54) is 0 Å². The van der Waals surface area contributed by atoms with Gasteiger partial charge in [0.1, 0.15) is 0 Å². The smallest absolute Gasteiger partial charge is 0.186 e. The summed E-state index contributed by atoms with van der Waals surface area (Å²) in [5.41, 5.74) is 7.48. The molecule has 0 saturated carbocycles. The number of anilines is 2. The van der Waals surface area contributed by atoms with Crippen molar-refractivity contribution in [2.24, 2.45) is 0 Å². The van der Waals surface area contributed by atoms with Gasteiger partial charge in [-0.2, -0.15) is 0 Å². The van der Waals surface area contributed by atoms with Gasteiger partial charge in [-0.1, -0.05) is 11.3 Å².